The Bertz CT molecular complexity index is 867. The van der Waals surface area contributed by atoms with Crippen molar-refractivity contribution in [2.24, 2.45) is 34.5 Å². The van der Waals surface area contributed by atoms with Gasteiger partial charge >= 0.3 is 0 Å². The van der Waals surface area contributed by atoms with E-state index < -0.39 is 5.60 Å². The Morgan fingerprint density at radius 3 is 2.73 bits per heavy atom. The molecule has 1 aromatic heterocycles. The smallest absolute Gasteiger partial charge is 0.0804 e. The van der Waals surface area contributed by atoms with Crippen LogP contribution in [-0.2, 0) is 0 Å². The molecule has 3 saturated carbocycles. The summed E-state index contributed by atoms with van der Waals surface area (Å²) in [5, 5.41) is 21.6. The second-order valence-electron chi connectivity index (χ2n) is 12.6. The first-order valence-corrected chi connectivity index (χ1v) is 13.8. The molecule has 0 aromatic carbocycles. The third-order valence-electron chi connectivity index (χ3n) is 11.2. The zero-order valence-corrected chi connectivity index (χ0v) is 21.1. The quantitative estimate of drug-likeness (QED) is 0.458. The fourth-order valence-corrected chi connectivity index (χ4v) is 8.89. The first-order valence-electron chi connectivity index (χ1n) is 13.8. The van der Waals surface area contributed by atoms with Gasteiger partial charge in [-0.25, -0.2) is 0 Å². The van der Waals surface area contributed by atoms with E-state index in [2.05, 4.69) is 31.8 Å². The first kappa shape index (κ1) is 23.5. The number of aromatic nitrogens is 1. The number of rotatable bonds is 6. The molecule has 1 heterocycles. The molecule has 2 N–H and O–H groups in total. The molecule has 4 aliphatic carbocycles. The highest BCUT2D eigenvalue weighted by Gasteiger charge is 2.59. The van der Waals surface area contributed by atoms with Gasteiger partial charge in [-0.2, -0.15) is 0 Å². The second-order valence-corrected chi connectivity index (χ2v) is 12.6. The van der Waals surface area contributed by atoms with Gasteiger partial charge in [-0.15, -0.1) is 0 Å². The van der Waals surface area contributed by atoms with Gasteiger partial charge in [-0.1, -0.05) is 44.9 Å². The van der Waals surface area contributed by atoms with Crippen molar-refractivity contribution in [2.75, 3.05) is 0 Å². The molecule has 0 radical (unpaired) electrons. The van der Waals surface area contributed by atoms with E-state index in [-0.39, 0.29) is 6.10 Å². The summed E-state index contributed by atoms with van der Waals surface area (Å²) in [6, 6.07) is 3.91. The highest BCUT2D eigenvalue weighted by atomic mass is 16.3. The van der Waals surface area contributed by atoms with Gasteiger partial charge in [-0.3, -0.25) is 4.98 Å². The maximum Gasteiger partial charge on any atom is 0.0804 e. The molecule has 182 valence electrons. The molecule has 0 aliphatic heterocycles. The van der Waals surface area contributed by atoms with Crippen molar-refractivity contribution in [3.05, 3.63) is 41.7 Å². The van der Waals surface area contributed by atoms with Crippen molar-refractivity contribution in [2.45, 2.75) is 110 Å². The lowest BCUT2D eigenvalue weighted by molar-refractivity contribution is -0.0718. The van der Waals surface area contributed by atoms with Crippen LogP contribution in [0, 0.1) is 34.5 Å². The maximum absolute atomic E-state index is 11.0. The van der Waals surface area contributed by atoms with E-state index in [0.717, 1.165) is 61.3 Å². The van der Waals surface area contributed by atoms with E-state index in [0.29, 0.717) is 10.8 Å². The average Bonchev–Trinajstić information content (AvgIpc) is 3.16. The Morgan fingerprint density at radius 2 is 1.97 bits per heavy atom. The van der Waals surface area contributed by atoms with Crippen LogP contribution < -0.4 is 0 Å². The molecule has 0 unspecified atom stereocenters. The van der Waals surface area contributed by atoms with Crippen LogP contribution in [0.5, 0.6) is 0 Å². The van der Waals surface area contributed by atoms with Gasteiger partial charge in [0.15, 0.2) is 0 Å². The zero-order chi connectivity index (χ0) is 23.3. The highest BCUT2D eigenvalue weighted by molar-refractivity contribution is 5.27. The topological polar surface area (TPSA) is 53.4 Å². The Hall–Kier alpha value is -1.19. The number of nitrogens with zero attached hydrogens (tertiary/aromatic N) is 1. The minimum atomic E-state index is -0.458. The lowest BCUT2D eigenvalue weighted by Crippen LogP contribution is -2.52. The van der Waals surface area contributed by atoms with Gasteiger partial charge in [0.2, 0.25) is 0 Å². The van der Waals surface area contributed by atoms with Gasteiger partial charge in [-0.05, 0) is 117 Å². The van der Waals surface area contributed by atoms with Crippen molar-refractivity contribution in [3.63, 3.8) is 0 Å². The van der Waals surface area contributed by atoms with Gasteiger partial charge in [0.05, 0.1) is 11.7 Å². The molecule has 3 nitrogen and oxygen atoms in total. The summed E-state index contributed by atoms with van der Waals surface area (Å²) in [5.74, 6) is 3.30. The summed E-state index contributed by atoms with van der Waals surface area (Å²) < 4.78 is 0. The van der Waals surface area contributed by atoms with Crippen LogP contribution in [0.4, 0.5) is 0 Å². The van der Waals surface area contributed by atoms with Crippen molar-refractivity contribution < 1.29 is 10.2 Å². The molecule has 1 aromatic rings. The van der Waals surface area contributed by atoms with Gasteiger partial charge < -0.3 is 10.2 Å². The summed E-state index contributed by atoms with van der Waals surface area (Å²) >= 11 is 0. The van der Waals surface area contributed by atoms with E-state index in [1.54, 1.807) is 18.0 Å². The summed E-state index contributed by atoms with van der Waals surface area (Å²) in [4.78, 5) is 4.16. The molecule has 5 rings (SSSR count). The number of aliphatic hydroxyl groups is 2. The van der Waals surface area contributed by atoms with Gasteiger partial charge in [0.1, 0.15) is 0 Å². The number of fused-ring (bicyclic) bond motifs is 5. The van der Waals surface area contributed by atoms with Crippen LogP contribution in [-0.4, -0.2) is 20.8 Å². The molecule has 0 bridgehead atoms. The maximum atomic E-state index is 11.0. The number of hydrogen-bond acceptors (Lipinski definition) is 3. The van der Waals surface area contributed by atoms with Crippen molar-refractivity contribution in [1.82, 2.24) is 4.98 Å². The molecule has 8 atom stereocenters. The molecule has 0 spiro atoms. The van der Waals surface area contributed by atoms with Crippen molar-refractivity contribution in [1.29, 1.82) is 0 Å². The van der Waals surface area contributed by atoms with Crippen LogP contribution in [0.15, 0.2) is 36.2 Å². The Balaban J connectivity index is 1.25. The Kier molecular flexibility index (Phi) is 6.27. The zero-order valence-electron chi connectivity index (χ0n) is 21.1. The fourth-order valence-electron chi connectivity index (χ4n) is 8.89. The van der Waals surface area contributed by atoms with Gasteiger partial charge in [0.25, 0.3) is 0 Å². The van der Waals surface area contributed by atoms with Crippen molar-refractivity contribution in [3.8, 4) is 0 Å². The van der Waals surface area contributed by atoms with Crippen LogP contribution in [0.3, 0.4) is 0 Å². The average molecular weight is 452 g/mol. The van der Waals surface area contributed by atoms with Crippen LogP contribution in [0.1, 0.15) is 109 Å². The second kappa shape index (κ2) is 8.79. The highest BCUT2D eigenvalue weighted by Crippen LogP contribution is 2.67. The first-order chi connectivity index (χ1) is 15.8. The normalized spacial score (nSPS) is 43.2. The monoisotopic (exact) mass is 451 g/mol. The lowest BCUT2D eigenvalue weighted by Gasteiger charge is -2.59. The number of hydrogen-bond donors (Lipinski definition) is 2. The van der Waals surface area contributed by atoms with E-state index in [9.17, 15) is 10.2 Å². The van der Waals surface area contributed by atoms with Crippen LogP contribution in [0.2, 0.25) is 0 Å². The minimum Gasteiger partial charge on any atom is -0.390 e. The fraction of sp³-hybridized carbons (Fsp3) is 0.767. The summed E-state index contributed by atoms with van der Waals surface area (Å²) in [6.45, 7) is 7.30. The van der Waals surface area contributed by atoms with E-state index in [4.69, 9.17) is 0 Å². The molecule has 0 saturated heterocycles. The predicted molar refractivity (Wildman–Crippen MR) is 133 cm³/mol. The Labute approximate surface area is 201 Å². The number of pyridine rings is 1. The molecular weight excluding hydrogens is 406 g/mol. The van der Waals surface area contributed by atoms with Crippen LogP contribution >= 0.6 is 0 Å². The van der Waals surface area contributed by atoms with Gasteiger partial charge in [0, 0.05) is 12.4 Å². The molecule has 0 amide bonds. The molecule has 33 heavy (non-hydrogen) atoms. The molecule has 3 fully saturated rings. The third kappa shape index (κ3) is 4.01. The third-order valence-corrected chi connectivity index (χ3v) is 11.2. The molecular formula is C30H45NO2. The van der Waals surface area contributed by atoms with E-state index in [1.165, 1.54) is 44.9 Å². The largest absolute Gasteiger partial charge is 0.390 e. The minimum absolute atomic E-state index is 0.317. The standard InChI is InChI=1S/C30H45NO2/c1-4-30(33)17-16-29(3)23(19-30)10-12-24-25-13-11-22(28(25,2)15-14-26(24)29)8-5-9-27(32)21-7-6-18-31-20-21/h6-7,10,18,20,22,24-27,32-33H,4-5,8-9,11-17,19H2,1-3H3/t22-,24-,25-,26-,27-,28+,29-,30-/m0/s1. The van der Waals surface area contributed by atoms with E-state index in [1.807, 2.05) is 12.1 Å². The van der Waals surface area contributed by atoms with Crippen molar-refractivity contribution >= 4 is 0 Å². The Morgan fingerprint density at radius 1 is 1.12 bits per heavy atom. The SMILES string of the molecule is CC[C@]1(O)CC[C@@]2(C)C(=CC[C@H]3[C@@H]4CC[C@H](CCC[C@H](O)c5cccnc5)[C@@]4(C)CC[C@@H]32)C1. The predicted octanol–water partition coefficient (Wildman–Crippen LogP) is 7.01. The van der Waals surface area contributed by atoms with E-state index >= 15 is 0 Å². The number of aliphatic hydroxyl groups excluding tert-OH is 1. The molecule has 3 heteroatoms. The number of allylic oxidation sites excluding steroid dienone is 1. The molecule has 4 aliphatic rings. The summed E-state index contributed by atoms with van der Waals surface area (Å²) in [6.07, 6.45) is 19.7. The summed E-state index contributed by atoms with van der Waals surface area (Å²) in [7, 11) is 0. The lowest BCUT2D eigenvalue weighted by atomic mass is 9.46. The van der Waals surface area contributed by atoms with Crippen LogP contribution in [0.25, 0.3) is 0 Å². The summed E-state index contributed by atoms with van der Waals surface area (Å²) in [5.41, 5.74) is 2.87.